The van der Waals surface area contributed by atoms with Crippen LogP contribution in [0.25, 0.3) is 0 Å². The summed E-state index contributed by atoms with van der Waals surface area (Å²) in [6.07, 6.45) is 2.63. The number of hydrogen-bond donors (Lipinski definition) is 1. The van der Waals surface area contributed by atoms with Crippen molar-refractivity contribution >= 4 is 52.8 Å². The highest BCUT2D eigenvalue weighted by Crippen LogP contribution is 2.26. The minimum atomic E-state index is -1.42. The molecule has 10 nitrogen and oxygen atoms in total. The molecule has 0 saturated carbocycles. The van der Waals surface area contributed by atoms with Gasteiger partial charge in [0.05, 0.1) is 40.4 Å². The Morgan fingerprint density at radius 2 is 1.74 bits per heavy atom. The SMILES string of the molecule is CC(C)(C)OC(=O)C(C(=O)OC(C)(C)C)c1cncc(SCC(=O)NC[C@H]2CN(Cc3ccc(Cl)c(Cl)c3)CCO2)n1. The Morgan fingerprint density at radius 1 is 1.07 bits per heavy atom. The second kappa shape index (κ2) is 14.8. The monoisotopic (exact) mass is 640 g/mol. The molecule has 1 fully saturated rings. The average molecular weight is 642 g/mol. The molecule has 1 amide bonds. The van der Waals surface area contributed by atoms with Gasteiger partial charge in [-0.3, -0.25) is 24.3 Å². The third-order valence-corrected chi connectivity index (χ3v) is 7.34. The van der Waals surface area contributed by atoms with Crippen LogP contribution < -0.4 is 5.32 Å². The molecule has 13 heteroatoms. The molecule has 42 heavy (non-hydrogen) atoms. The number of carbonyl (C=O) groups is 3. The number of morpholine rings is 1. The summed E-state index contributed by atoms with van der Waals surface area (Å²) in [6, 6.07) is 5.58. The van der Waals surface area contributed by atoms with E-state index in [-0.39, 0.29) is 23.5 Å². The van der Waals surface area contributed by atoms with Crippen molar-refractivity contribution in [3.05, 3.63) is 51.9 Å². The number of amides is 1. The van der Waals surface area contributed by atoms with Gasteiger partial charge < -0.3 is 19.5 Å². The van der Waals surface area contributed by atoms with Crippen molar-refractivity contribution in [1.29, 1.82) is 0 Å². The molecule has 0 aliphatic carbocycles. The number of benzene rings is 1. The highest BCUT2D eigenvalue weighted by Gasteiger charge is 2.38. The van der Waals surface area contributed by atoms with E-state index in [1.165, 1.54) is 12.4 Å². The third-order valence-electron chi connectivity index (χ3n) is 5.70. The van der Waals surface area contributed by atoms with Crippen LogP contribution >= 0.6 is 35.0 Å². The van der Waals surface area contributed by atoms with Crippen LogP contribution in [0.5, 0.6) is 0 Å². The van der Waals surface area contributed by atoms with Gasteiger partial charge in [0, 0.05) is 32.4 Å². The van der Waals surface area contributed by atoms with Gasteiger partial charge in [-0.05, 0) is 59.2 Å². The van der Waals surface area contributed by atoms with E-state index in [4.69, 9.17) is 37.4 Å². The number of hydrogen-bond acceptors (Lipinski definition) is 10. The maximum Gasteiger partial charge on any atom is 0.327 e. The zero-order chi connectivity index (χ0) is 31.1. The van der Waals surface area contributed by atoms with Gasteiger partial charge in [0.15, 0.2) is 5.92 Å². The highest BCUT2D eigenvalue weighted by atomic mass is 35.5. The Bertz CT molecular complexity index is 1240. The van der Waals surface area contributed by atoms with Crippen molar-refractivity contribution < 1.29 is 28.6 Å². The van der Waals surface area contributed by atoms with E-state index in [1.807, 2.05) is 12.1 Å². The largest absolute Gasteiger partial charge is 0.459 e. The van der Waals surface area contributed by atoms with Crippen LogP contribution in [0, 0.1) is 0 Å². The van der Waals surface area contributed by atoms with E-state index >= 15 is 0 Å². The number of ether oxygens (including phenoxy) is 3. The number of carbonyl (C=O) groups excluding carboxylic acids is 3. The molecule has 0 radical (unpaired) electrons. The molecule has 0 bridgehead atoms. The minimum Gasteiger partial charge on any atom is -0.459 e. The Labute approximate surface area is 261 Å². The first-order chi connectivity index (χ1) is 19.6. The van der Waals surface area contributed by atoms with Gasteiger partial charge in [0.2, 0.25) is 5.91 Å². The number of aromatic nitrogens is 2. The second-order valence-electron chi connectivity index (χ2n) is 11.9. The predicted molar refractivity (Wildman–Crippen MR) is 162 cm³/mol. The van der Waals surface area contributed by atoms with Crippen LogP contribution in [-0.2, 0) is 35.1 Å². The molecule has 1 aliphatic heterocycles. The first-order valence-corrected chi connectivity index (χ1v) is 15.3. The van der Waals surface area contributed by atoms with Crippen LogP contribution in [0.2, 0.25) is 10.0 Å². The van der Waals surface area contributed by atoms with E-state index in [9.17, 15) is 14.4 Å². The molecular weight excluding hydrogens is 603 g/mol. The number of nitrogens with zero attached hydrogens (tertiary/aromatic N) is 3. The van der Waals surface area contributed by atoms with Gasteiger partial charge in [-0.25, -0.2) is 4.98 Å². The van der Waals surface area contributed by atoms with Crippen molar-refractivity contribution in [3.63, 3.8) is 0 Å². The molecule has 1 N–H and O–H groups in total. The number of rotatable bonds is 10. The summed E-state index contributed by atoms with van der Waals surface area (Å²) < 4.78 is 16.8. The third kappa shape index (κ3) is 11.3. The first-order valence-electron chi connectivity index (χ1n) is 13.5. The van der Waals surface area contributed by atoms with Crippen LogP contribution in [-0.4, -0.2) is 82.0 Å². The van der Waals surface area contributed by atoms with E-state index in [0.29, 0.717) is 41.3 Å². The fraction of sp³-hybridized carbons (Fsp3) is 0.552. The smallest absolute Gasteiger partial charge is 0.327 e. The van der Waals surface area contributed by atoms with E-state index < -0.39 is 29.1 Å². The minimum absolute atomic E-state index is 0.0569. The van der Waals surface area contributed by atoms with Gasteiger partial charge in [0.1, 0.15) is 16.2 Å². The molecule has 2 heterocycles. The lowest BCUT2D eigenvalue weighted by molar-refractivity contribution is -0.169. The number of thioether (sulfide) groups is 1. The Kier molecular flexibility index (Phi) is 12.0. The zero-order valence-corrected chi connectivity index (χ0v) is 27.1. The molecule has 2 aromatic rings. The van der Waals surface area contributed by atoms with Crippen molar-refractivity contribution in [1.82, 2.24) is 20.2 Å². The maximum atomic E-state index is 13.0. The summed E-state index contributed by atoms with van der Waals surface area (Å²) in [5, 5.41) is 4.31. The Morgan fingerprint density at radius 3 is 2.36 bits per heavy atom. The topological polar surface area (TPSA) is 120 Å². The van der Waals surface area contributed by atoms with Crippen molar-refractivity contribution in [2.45, 2.75) is 76.3 Å². The maximum absolute atomic E-state index is 13.0. The van der Waals surface area contributed by atoms with Crippen molar-refractivity contribution in [2.75, 3.05) is 32.0 Å². The van der Waals surface area contributed by atoms with Gasteiger partial charge in [-0.2, -0.15) is 0 Å². The quantitative estimate of drug-likeness (QED) is 0.223. The normalized spacial score (nSPS) is 16.3. The fourth-order valence-electron chi connectivity index (χ4n) is 3.99. The van der Waals surface area contributed by atoms with E-state index in [1.54, 1.807) is 47.6 Å². The van der Waals surface area contributed by atoms with Gasteiger partial charge >= 0.3 is 11.9 Å². The van der Waals surface area contributed by atoms with Crippen molar-refractivity contribution in [3.8, 4) is 0 Å². The molecule has 1 aromatic heterocycles. The molecule has 0 unspecified atom stereocenters. The van der Waals surface area contributed by atoms with Crippen LogP contribution in [0.4, 0.5) is 0 Å². The lowest BCUT2D eigenvalue weighted by Gasteiger charge is -2.33. The molecular formula is C29H38Cl2N4O6S. The second-order valence-corrected chi connectivity index (χ2v) is 13.7. The van der Waals surface area contributed by atoms with Gasteiger partial charge in [-0.1, -0.05) is 41.0 Å². The van der Waals surface area contributed by atoms with Crippen LogP contribution in [0.1, 0.15) is 58.7 Å². The molecule has 1 aliphatic rings. The zero-order valence-electron chi connectivity index (χ0n) is 24.7. The number of esters is 2. The van der Waals surface area contributed by atoms with Crippen LogP contribution in [0.3, 0.4) is 0 Å². The lowest BCUT2D eigenvalue weighted by atomic mass is 10.0. The molecule has 1 aromatic carbocycles. The average Bonchev–Trinajstić information content (AvgIpc) is 2.87. The predicted octanol–water partition coefficient (Wildman–Crippen LogP) is 4.66. The molecule has 3 rings (SSSR count). The molecule has 1 saturated heterocycles. The summed E-state index contributed by atoms with van der Waals surface area (Å²) in [4.78, 5) is 49.4. The summed E-state index contributed by atoms with van der Waals surface area (Å²) in [5.41, 5.74) is -0.508. The molecule has 0 spiro atoms. The van der Waals surface area contributed by atoms with Gasteiger partial charge in [0.25, 0.3) is 0 Å². The van der Waals surface area contributed by atoms with E-state index in [0.717, 1.165) is 23.9 Å². The summed E-state index contributed by atoms with van der Waals surface area (Å²) in [6.45, 7) is 13.3. The standard InChI is InChI=1S/C29H38Cl2N4O6S/c1-28(2,3)40-26(37)25(27(38)41-29(4,5)6)22-13-32-14-24(34-22)42-17-23(36)33-12-19-16-35(9-10-39-19)15-18-7-8-20(30)21(31)11-18/h7-8,11,13-14,19,25H,9-10,12,15-17H2,1-6H3,(H,33,36)/t19-/m0/s1. The summed E-state index contributed by atoms with van der Waals surface area (Å²) in [5.74, 6) is -3.14. The number of nitrogens with one attached hydrogen (secondary N) is 1. The lowest BCUT2D eigenvalue weighted by Crippen LogP contribution is -2.47. The first kappa shape index (κ1) is 34.1. The molecule has 230 valence electrons. The fourth-order valence-corrected chi connectivity index (χ4v) is 5.00. The Hall–Kier alpha value is -2.44. The Balaban J connectivity index is 1.55. The van der Waals surface area contributed by atoms with E-state index in [2.05, 4.69) is 20.2 Å². The summed E-state index contributed by atoms with van der Waals surface area (Å²) in [7, 11) is 0. The number of halogens is 2. The van der Waals surface area contributed by atoms with Crippen LogP contribution in [0.15, 0.2) is 35.6 Å². The van der Waals surface area contributed by atoms with Gasteiger partial charge in [-0.15, -0.1) is 0 Å². The molecule has 1 atom stereocenters. The summed E-state index contributed by atoms with van der Waals surface area (Å²) >= 11 is 13.3. The highest BCUT2D eigenvalue weighted by molar-refractivity contribution is 7.99. The van der Waals surface area contributed by atoms with Crippen molar-refractivity contribution in [2.24, 2.45) is 0 Å².